The fraction of sp³-hybridized carbons (Fsp3) is 0.909. The average Bonchev–Trinajstić information content (AvgIpc) is 2.27. The van der Waals surface area contributed by atoms with E-state index < -0.39 is 0 Å². The van der Waals surface area contributed by atoms with E-state index in [1.807, 2.05) is 18.9 Å². The molecule has 0 bridgehead atoms. The van der Waals surface area contributed by atoms with Crippen molar-refractivity contribution in [3.8, 4) is 0 Å². The Morgan fingerprint density at radius 2 is 2.07 bits per heavy atom. The second-order valence-corrected chi connectivity index (χ2v) is 4.85. The second-order valence-electron chi connectivity index (χ2n) is 4.54. The largest absolute Gasteiger partial charge is 0.342 e. The standard InChI is InChI=1S/C11H21ClN2O/c1-9(8-12)11(15)14(3)10-4-6-13(2)7-5-10/h9-10H,4-8H2,1-3H3. The molecule has 1 aliphatic rings. The van der Waals surface area contributed by atoms with Gasteiger partial charge in [-0.15, -0.1) is 11.6 Å². The van der Waals surface area contributed by atoms with Crippen LogP contribution in [0.15, 0.2) is 0 Å². The van der Waals surface area contributed by atoms with Crippen LogP contribution < -0.4 is 0 Å². The number of rotatable bonds is 3. The molecular weight excluding hydrogens is 212 g/mol. The van der Waals surface area contributed by atoms with Gasteiger partial charge in [0.25, 0.3) is 0 Å². The topological polar surface area (TPSA) is 23.6 Å². The minimum atomic E-state index is -0.0590. The Labute approximate surface area is 97.4 Å². The van der Waals surface area contributed by atoms with Gasteiger partial charge >= 0.3 is 0 Å². The fourth-order valence-electron chi connectivity index (χ4n) is 1.98. The molecular formula is C11H21ClN2O. The molecule has 88 valence electrons. The maximum atomic E-state index is 11.9. The summed E-state index contributed by atoms with van der Waals surface area (Å²) >= 11 is 5.70. The lowest BCUT2D eigenvalue weighted by Crippen LogP contribution is -2.46. The molecule has 0 aromatic heterocycles. The van der Waals surface area contributed by atoms with Gasteiger partial charge in [-0.25, -0.2) is 0 Å². The third kappa shape index (κ3) is 3.35. The van der Waals surface area contributed by atoms with E-state index in [4.69, 9.17) is 11.6 Å². The highest BCUT2D eigenvalue weighted by Gasteiger charge is 2.26. The third-order valence-corrected chi connectivity index (χ3v) is 3.70. The Morgan fingerprint density at radius 3 is 2.53 bits per heavy atom. The SMILES string of the molecule is CC(CCl)C(=O)N(C)C1CCN(C)CC1. The first kappa shape index (κ1) is 12.8. The minimum absolute atomic E-state index is 0.0590. The lowest BCUT2D eigenvalue weighted by Gasteiger charge is -2.36. The van der Waals surface area contributed by atoms with Crippen LogP contribution in [0.5, 0.6) is 0 Å². The van der Waals surface area contributed by atoms with Crippen molar-refractivity contribution in [1.82, 2.24) is 9.80 Å². The Bertz CT molecular complexity index is 215. The van der Waals surface area contributed by atoms with Gasteiger partial charge in [-0.05, 0) is 33.0 Å². The Morgan fingerprint density at radius 1 is 1.53 bits per heavy atom. The van der Waals surface area contributed by atoms with Crippen LogP contribution in [0, 0.1) is 5.92 Å². The molecule has 15 heavy (non-hydrogen) atoms. The zero-order valence-electron chi connectivity index (χ0n) is 9.87. The van der Waals surface area contributed by atoms with Crippen molar-refractivity contribution >= 4 is 17.5 Å². The molecule has 1 unspecified atom stereocenters. The van der Waals surface area contributed by atoms with E-state index in [0.29, 0.717) is 11.9 Å². The van der Waals surface area contributed by atoms with Gasteiger partial charge in [0.05, 0.1) is 0 Å². The fourth-order valence-corrected chi connectivity index (χ4v) is 2.11. The summed E-state index contributed by atoms with van der Waals surface area (Å²) in [4.78, 5) is 16.1. The molecule has 1 atom stereocenters. The number of likely N-dealkylation sites (tertiary alicyclic amines) is 1. The van der Waals surface area contributed by atoms with Crippen molar-refractivity contribution in [2.75, 3.05) is 33.1 Å². The van der Waals surface area contributed by atoms with E-state index in [-0.39, 0.29) is 11.8 Å². The summed E-state index contributed by atoms with van der Waals surface area (Å²) in [6, 6.07) is 0.402. The summed E-state index contributed by atoms with van der Waals surface area (Å²) in [7, 11) is 4.03. The molecule has 3 nitrogen and oxygen atoms in total. The smallest absolute Gasteiger partial charge is 0.226 e. The summed E-state index contributed by atoms with van der Waals surface area (Å²) < 4.78 is 0. The molecule has 0 aromatic carbocycles. The number of amides is 1. The van der Waals surface area contributed by atoms with Crippen LogP contribution in [0.4, 0.5) is 0 Å². The first-order valence-electron chi connectivity index (χ1n) is 5.57. The van der Waals surface area contributed by atoms with Crippen LogP contribution in [0.25, 0.3) is 0 Å². The van der Waals surface area contributed by atoms with E-state index in [0.717, 1.165) is 25.9 Å². The number of hydrogen-bond acceptors (Lipinski definition) is 2. The highest BCUT2D eigenvalue weighted by atomic mass is 35.5. The van der Waals surface area contributed by atoms with Gasteiger partial charge in [-0.1, -0.05) is 6.92 Å². The lowest BCUT2D eigenvalue weighted by molar-refractivity contribution is -0.135. The van der Waals surface area contributed by atoms with Crippen LogP contribution in [-0.2, 0) is 4.79 Å². The summed E-state index contributed by atoms with van der Waals surface area (Å²) in [6.45, 7) is 4.05. The van der Waals surface area contributed by atoms with Gasteiger partial charge in [0.15, 0.2) is 0 Å². The molecule has 0 aliphatic carbocycles. The Hall–Kier alpha value is -0.280. The maximum Gasteiger partial charge on any atom is 0.226 e. The van der Waals surface area contributed by atoms with Gasteiger partial charge in [-0.2, -0.15) is 0 Å². The lowest BCUT2D eigenvalue weighted by atomic mass is 10.0. The van der Waals surface area contributed by atoms with E-state index in [1.165, 1.54) is 0 Å². The molecule has 1 heterocycles. The van der Waals surface area contributed by atoms with Crippen molar-refractivity contribution < 1.29 is 4.79 Å². The van der Waals surface area contributed by atoms with E-state index in [9.17, 15) is 4.79 Å². The van der Waals surface area contributed by atoms with Crippen LogP contribution in [0.1, 0.15) is 19.8 Å². The van der Waals surface area contributed by atoms with Gasteiger partial charge in [0.1, 0.15) is 0 Å². The van der Waals surface area contributed by atoms with E-state index >= 15 is 0 Å². The molecule has 1 aliphatic heterocycles. The third-order valence-electron chi connectivity index (χ3n) is 3.24. The normalized spacial score (nSPS) is 21.3. The van der Waals surface area contributed by atoms with Gasteiger partial charge in [-0.3, -0.25) is 4.79 Å². The van der Waals surface area contributed by atoms with Crippen molar-refractivity contribution in [2.24, 2.45) is 5.92 Å². The highest BCUT2D eigenvalue weighted by molar-refractivity contribution is 6.19. The number of hydrogen-bond donors (Lipinski definition) is 0. The molecule has 0 saturated carbocycles. The Kier molecular flexibility index (Phi) is 4.87. The van der Waals surface area contributed by atoms with Crippen molar-refractivity contribution in [3.05, 3.63) is 0 Å². The minimum Gasteiger partial charge on any atom is -0.342 e. The van der Waals surface area contributed by atoms with Gasteiger partial charge in [0.2, 0.25) is 5.91 Å². The summed E-state index contributed by atoms with van der Waals surface area (Å²) in [5.74, 6) is 0.534. The number of carbonyl (C=O) groups excluding carboxylic acids is 1. The van der Waals surface area contributed by atoms with Crippen LogP contribution in [0.3, 0.4) is 0 Å². The van der Waals surface area contributed by atoms with E-state index in [2.05, 4.69) is 11.9 Å². The van der Waals surface area contributed by atoms with Crippen molar-refractivity contribution in [2.45, 2.75) is 25.8 Å². The summed E-state index contributed by atoms with van der Waals surface area (Å²) in [6.07, 6.45) is 2.15. The predicted octanol–water partition coefficient (Wildman–Crippen LogP) is 1.41. The monoisotopic (exact) mass is 232 g/mol. The van der Waals surface area contributed by atoms with Crippen molar-refractivity contribution in [3.63, 3.8) is 0 Å². The molecule has 0 N–H and O–H groups in total. The molecule has 0 radical (unpaired) electrons. The van der Waals surface area contributed by atoms with Crippen LogP contribution in [0.2, 0.25) is 0 Å². The summed E-state index contributed by atoms with van der Waals surface area (Å²) in [5, 5.41) is 0. The number of carbonyl (C=O) groups is 1. The molecule has 0 aromatic rings. The number of nitrogens with zero attached hydrogens (tertiary/aromatic N) is 2. The molecule has 1 saturated heterocycles. The zero-order valence-corrected chi connectivity index (χ0v) is 10.6. The molecule has 0 spiro atoms. The Balaban J connectivity index is 2.46. The van der Waals surface area contributed by atoms with Crippen LogP contribution in [-0.4, -0.2) is 54.8 Å². The van der Waals surface area contributed by atoms with Crippen molar-refractivity contribution in [1.29, 1.82) is 0 Å². The molecule has 1 amide bonds. The first-order chi connectivity index (χ1) is 7.06. The molecule has 1 rings (SSSR count). The highest BCUT2D eigenvalue weighted by Crippen LogP contribution is 2.16. The maximum absolute atomic E-state index is 11.9. The average molecular weight is 233 g/mol. The van der Waals surface area contributed by atoms with Crippen LogP contribution >= 0.6 is 11.6 Å². The first-order valence-corrected chi connectivity index (χ1v) is 6.11. The summed E-state index contributed by atoms with van der Waals surface area (Å²) in [5.41, 5.74) is 0. The number of halogens is 1. The van der Waals surface area contributed by atoms with Gasteiger partial charge < -0.3 is 9.80 Å². The quantitative estimate of drug-likeness (QED) is 0.688. The predicted molar refractivity (Wildman–Crippen MR) is 63.2 cm³/mol. The number of alkyl halides is 1. The zero-order chi connectivity index (χ0) is 11.4. The molecule has 4 heteroatoms. The van der Waals surface area contributed by atoms with Gasteiger partial charge in [0, 0.05) is 24.9 Å². The second kappa shape index (κ2) is 5.71. The number of piperidine rings is 1. The van der Waals surface area contributed by atoms with E-state index in [1.54, 1.807) is 0 Å². The molecule has 1 fully saturated rings.